The third kappa shape index (κ3) is 7.71. The predicted molar refractivity (Wildman–Crippen MR) is 147 cm³/mol. The number of nitrogens with one attached hydrogen (secondary N) is 1. The third-order valence-electron chi connectivity index (χ3n) is 6.92. The molecule has 12 heteroatoms. The quantitative estimate of drug-likeness (QED) is 0.252. The number of anilines is 1. The topological polar surface area (TPSA) is 117 Å². The Balaban J connectivity index is 1.91. The second-order valence-corrected chi connectivity index (χ2v) is 10.4. The summed E-state index contributed by atoms with van der Waals surface area (Å²) in [5.74, 6) is -1.71. The Hall–Kier alpha value is -4.22. The number of aromatic nitrogens is 3. The van der Waals surface area contributed by atoms with E-state index >= 15 is 0 Å². The number of nitrogens with zero attached hydrogens (tertiary/aromatic N) is 4. The van der Waals surface area contributed by atoms with Gasteiger partial charge in [0.15, 0.2) is 0 Å². The van der Waals surface area contributed by atoms with Gasteiger partial charge in [0.2, 0.25) is 5.78 Å². The molecule has 3 rings (SSSR count). The van der Waals surface area contributed by atoms with E-state index in [0.29, 0.717) is 30.5 Å². The van der Waals surface area contributed by atoms with Gasteiger partial charge in [0.25, 0.3) is 5.91 Å². The molecule has 1 aromatic carbocycles. The van der Waals surface area contributed by atoms with Gasteiger partial charge in [-0.1, -0.05) is 52.3 Å². The normalized spacial score (nSPS) is 13.3. The second kappa shape index (κ2) is 13.0. The number of Topliss-reactive ketones (excluding diaryl/α,β-unsaturated/α-hetero) is 1. The van der Waals surface area contributed by atoms with Crippen molar-refractivity contribution in [3.05, 3.63) is 66.5 Å². The number of rotatable bonds is 12. The largest absolute Gasteiger partial charge is 0.465 e. The minimum atomic E-state index is -4.46. The lowest BCUT2D eigenvalue weighted by molar-refractivity contribution is -0.141. The van der Waals surface area contributed by atoms with Crippen LogP contribution in [0.3, 0.4) is 0 Å². The maximum Gasteiger partial charge on any atom is 0.416 e. The summed E-state index contributed by atoms with van der Waals surface area (Å²) in [6.07, 6.45) is -1.34. The van der Waals surface area contributed by atoms with Crippen LogP contribution in [0.2, 0.25) is 0 Å². The first-order valence-electron chi connectivity index (χ1n) is 13.3. The number of carbonyl (C=O) groups is 3. The first-order chi connectivity index (χ1) is 19.3. The van der Waals surface area contributed by atoms with Crippen molar-refractivity contribution in [2.75, 3.05) is 5.32 Å². The fraction of sp³-hybridized carbons (Fsp3) is 0.414. The zero-order chi connectivity index (χ0) is 30.4. The van der Waals surface area contributed by atoms with E-state index in [1.807, 2.05) is 6.92 Å². The molecule has 0 bridgehead atoms. The number of hydrogen-bond acceptors (Lipinski definition) is 5. The minimum Gasteiger partial charge on any atom is -0.465 e. The summed E-state index contributed by atoms with van der Waals surface area (Å²) in [5, 5.41) is 17.3. The average Bonchev–Trinajstić information content (AvgIpc) is 3.38. The van der Waals surface area contributed by atoms with Gasteiger partial charge in [0.1, 0.15) is 11.9 Å². The van der Waals surface area contributed by atoms with Crippen molar-refractivity contribution in [2.24, 2.45) is 5.41 Å². The van der Waals surface area contributed by atoms with Crippen LogP contribution in [0.4, 0.5) is 23.8 Å². The van der Waals surface area contributed by atoms with Gasteiger partial charge in [-0.3, -0.25) is 19.2 Å². The smallest absolute Gasteiger partial charge is 0.416 e. The average molecular weight is 574 g/mol. The van der Waals surface area contributed by atoms with Gasteiger partial charge in [-0.05, 0) is 48.6 Å². The molecule has 220 valence electrons. The summed E-state index contributed by atoms with van der Waals surface area (Å²) >= 11 is 0. The molecule has 2 aromatic heterocycles. The van der Waals surface area contributed by atoms with Gasteiger partial charge >= 0.3 is 12.3 Å². The zero-order valence-electron chi connectivity index (χ0n) is 23.4. The van der Waals surface area contributed by atoms with Crippen LogP contribution in [0.25, 0.3) is 11.3 Å². The van der Waals surface area contributed by atoms with E-state index in [4.69, 9.17) is 0 Å². The number of ketones is 1. The van der Waals surface area contributed by atoms with Gasteiger partial charge in [-0.25, -0.2) is 9.78 Å². The van der Waals surface area contributed by atoms with Crippen molar-refractivity contribution < 1.29 is 32.7 Å². The lowest BCUT2D eigenvalue weighted by Crippen LogP contribution is -2.59. The van der Waals surface area contributed by atoms with Crippen LogP contribution in [0.1, 0.15) is 52.5 Å². The molecule has 41 heavy (non-hydrogen) atoms. The molecule has 3 aromatic rings. The van der Waals surface area contributed by atoms with E-state index in [1.165, 1.54) is 29.1 Å². The maximum atomic E-state index is 13.6. The highest BCUT2D eigenvalue weighted by Crippen LogP contribution is 2.34. The number of alkyl halides is 3. The Labute approximate surface area is 236 Å². The van der Waals surface area contributed by atoms with Crippen molar-refractivity contribution in [3.63, 3.8) is 0 Å². The summed E-state index contributed by atoms with van der Waals surface area (Å²) in [6, 6.07) is 8.95. The van der Waals surface area contributed by atoms with Crippen molar-refractivity contribution in [3.8, 4) is 11.3 Å². The highest BCUT2D eigenvalue weighted by Gasteiger charge is 2.46. The zero-order valence-corrected chi connectivity index (χ0v) is 23.4. The number of benzene rings is 1. The fourth-order valence-corrected chi connectivity index (χ4v) is 4.93. The standard InChI is InChI=1S/C29H34F3N5O4/c1-5-15-28(3,4)25(24(38)26(39)34-23-9-7-8-16-33-23)37(27(40)41)21(6-2)18-36-17-14-22(35-36)19-10-12-20(13-11-19)29(30,31)32/h7-14,16-17,21,25H,5-6,15,18H2,1-4H3,(H,40,41)(H,33,34,39)/t21-,25+/m0/s1. The molecule has 0 spiro atoms. The summed E-state index contributed by atoms with van der Waals surface area (Å²) in [4.78, 5) is 44.4. The molecule has 0 saturated heterocycles. The lowest BCUT2D eigenvalue weighted by Gasteiger charge is -2.42. The predicted octanol–water partition coefficient (Wildman–Crippen LogP) is 6.13. The molecular formula is C29H34F3N5O4. The minimum absolute atomic E-state index is 0.0529. The molecule has 0 saturated carbocycles. The van der Waals surface area contributed by atoms with E-state index in [2.05, 4.69) is 15.4 Å². The van der Waals surface area contributed by atoms with Crippen LogP contribution < -0.4 is 5.32 Å². The lowest BCUT2D eigenvalue weighted by atomic mass is 9.76. The Bertz CT molecular complexity index is 1340. The summed E-state index contributed by atoms with van der Waals surface area (Å²) < 4.78 is 40.3. The van der Waals surface area contributed by atoms with Crippen molar-refractivity contribution in [1.82, 2.24) is 19.7 Å². The number of carboxylic acid groups (broad SMARTS) is 1. The summed E-state index contributed by atoms with van der Waals surface area (Å²) in [5.41, 5.74) is -0.803. The molecule has 2 atom stereocenters. The molecule has 0 fully saturated rings. The second-order valence-electron chi connectivity index (χ2n) is 10.4. The molecule has 0 aliphatic heterocycles. The number of amides is 2. The summed E-state index contributed by atoms with van der Waals surface area (Å²) in [6.45, 7) is 7.24. The Morgan fingerprint density at radius 3 is 2.27 bits per heavy atom. The molecule has 0 aliphatic carbocycles. The van der Waals surface area contributed by atoms with Gasteiger partial charge in [-0.15, -0.1) is 0 Å². The number of halogens is 3. The Morgan fingerprint density at radius 1 is 1.05 bits per heavy atom. The highest BCUT2D eigenvalue weighted by atomic mass is 19.4. The van der Waals surface area contributed by atoms with Gasteiger partial charge in [0, 0.05) is 18.0 Å². The van der Waals surface area contributed by atoms with Crippen molar-refractivity contribution >= 4 is 23.6 Å². The molecule has 0 aliphatic rings. The van der Waals surface area contributed by atoms with Gasteiger partial charge < -0.3 is 10.4 Å². The van der Waals surface area contributed by atoms with E-state index in [-0.39, 0.29) is 12.4 Å². The van der Waals surface area contributed by atoms with E-state index < -0.39 is 47.0 Å². The molecular weight excluding hydrogens is 539 g/mol. The third-order valence-corrected chi connectivity index (χ3v) is 6.92. The monoisotopic (exact) mass is 573 g/mol. The molecule has 0 radical (unpaired) electrons. The molecule has 0 unspecified atom stereocenters. The molecule has 2 N–H and O–H groups in total. The van der Waals surface area contributed by atoms with Gasteiger partial charge in [-0.2, -0.15) is 18.3 Å². The van der Waals surface area contributed by atoms with Crippen molar-refractivity contribution in [1.29, 1.82) is 0 Å². The molecule has 2 amide bonds. The number of pyridine rings is 1. The Kier molecular flexibility index (Phi) is 9.90. The first-order valence-corrected chi connectivity index (χ1v) is 13.3. The number of hydrogen-bond donors (Lipinski definition) is 2. The van der Waals surface area contributed by atoms with Crippen LogP contribution in [0, 0.1) is 5.41 Å². The van der Waals surface area contributed by atoms with Crippen LogP contribution in [0.5, 0.6) is 0 Å². The van der Waals surface area contributed by atoms with Crippen LogP contribution >= 0.6 is 0 Å². The fourth-order valence-electron chi connectivity index (χ4n) is 4.93. The highest BCUT2D eigenvalue weighted by molar-refractivity contribution is 6.42. The van der Waals surface area contributed by atoms with E-state index in [9.17, 15) is 32.7 Å². The van der Waals surface area contributed by atoms with Crippen LogP contribution in [-0.4, -0.2) is 54.6 Å². The van der Waals surface area contributed by atoms with E-state index in [0.717, 1.165) is 17.0 Å². The molecule has 2 heterocycles. The van der Waals surface area contributed by atoms with E-state index in [1.54, 1.807) is 45.2 Å². The van der Waals surface area contributed by atoms with Crippen LogP contribution in [-0.2, 0) is 22.3 Å². The van der Waals surface area contributed by atoms with Crippen molar-refractivity contribution in [2.45, 2.75) is 71.8 Å². The summed E-state index contributed by atoms with van der Waals surface area (Å²) in [7, 11) is 0. The number of carbonyl (C=O) groups excluding carboxylic acids is 2. The maximum absolute atomic E-state index is 13.6. The van der Waals surface area contributed by atoms with Gasteiger partial charge in [0.05, 0.1) is 23.8 Å². The molecule has 9 nitrogen and oxygen atoms in total. The van der Waals surface area contributed by atoms with Crippen LogP contribution in [0.15, 0.2) is 60.9 Å². The first kappa shape index (κ1) is 31.3. The Morgan fingerprint density at radius 2 is 1.73 bits per heavy atom. The SMILES string of the molecule is CCCC(C)(C)[C@@H](C(=O)C(=O)Nc1ccccn1)N(C(=O)O)[C@@H](CC)Cn1ccc(-c2ccc(C(F)(F)F)cc2)n1.